The number of carboxylic acid groups (broad SMARTS) is 1. The Morgan fingerprint density at radius 1 is 1.38 bits per heavy atom. The molecule has 0 aliphatic carbocycles. The summed E-state index contributed by atoms with van der Waals surface area (Å²) < 4.78 is 22.0. The number of aliphatic carboxylic acids is 1. The third-order valence-corrected chi connectivity index (χ3v) is 4.83. The van der Waals surface area contributed by atoms with Gasteiger partial charge in [0.1, 0.15) is 15.9 Å². The predicted molar refractivity (Wildman–Crippen MR) is 78.9 cm³/mol. The predicted octanol–water partition coefficient (Wildman–Crippen LogP) is 0.706. The van der Waals surface area contributed by atoms with Gasteiger partial charge in [0.05, 0.1) is 5.75 Å². The molecule has 2 atom stereocenters. The normalized spacial score (nSPS) is 22.9. The van der Waals surface area contributed by atoms with Crippen LogP contribution in [0.25, 0.3) is 0 Å². The zero-order chi connectivity index (χ0) is 16.0. The number of nitrogens with zero attached hydrogens (tertiary/aromatic N) is 1. The van der Waals surface area contributed by atoms with Gasteiger partial charge < -0.3 is 15.3 Å². The second kappa shape index (κ2) is 7.63. The number of hydrogen-bond acceptors (Lipinski definition) is 4. The Kier molecular flexibility index (Phi) is 6.44. The van der Waals surface area contributed by atoms with Crippen molar-refractivity contribution in [2.45, 2.75) is 38.6 Å². The fraction of sp³-hybridized carbons (Fsp3) is 0.846. The van der Waals surface area contributed by atoms with Crippen molar-refractivity contribution in [2.75, 3.05) is 25.1 Å². The summed E-state index contributed by atoms with van der Waals surface area (Å²) in [6.07, 6.45) is 3.66. The summed E-state index contributed by atoms with van der Waals surface area (Å²) in [7, 11) is -3.04. The number of hydrogen-bond donors (Lipinski definition) is 2. The molecule has 21 heavy (non-hydrogen) atoms. The fourth-order valence-electron chi connectivity index (χ4n) is 2.52. The molecule has 0 aromatic carbocycles. The Hall–Kier alpha value is -1.31. The van der Waals surface area contributed by atoms with E-state index in [2.05, 4.69) is 5.32 Å². The molecular formula is C13H24N2O5S. The van der Waals surface area contributed by atoms with Gasteiger partial charge in [0.25, 0.3) is 0 Å². The number of carbonyl (C=O) groups is 2. The van der Waals surface area contributed by atoms with Crippen molar-refractivity contribution < 1.29 is 23.1 Å². The summed E-state index contributed by atoms with van der Waals surface area (Å²) in [4.78, 5) is 24.7. The second-order valence-corrected chi connectivity index (χ2v) is 7.82. The number of likely N-dealkylation sites (tertiary alicyclic amines) is 1. The lowest BCUT2D eigenvalue weighted by molar-refractivity contribution is -0.144. The number of sulfone groups is 1. The quantitative estimate of drug-likeness (QED) is 0.701. The molecule has 1 saturated heterocycles. The minimum absolute atomic E-state index is 0.00749. The summed E-state index contributed by atoms with van der Waals surface area (Å²) in [5, 5.41) is 11.9. The molecule has 2 N–H and O–H groups in total. The van der Waals surface area contributed by atoms with Crippen LogP contribution in [0.3, 0.4) is 0 Å². The van der Waals surface area contributed by atoms with Crippen molar-refractivity contribution in [1.82, 2.24) is 10.2 Å². The molecule has 0 spiro atoms. The largest absolute Gasteiger partial charge is 0.480 e. The standard InChI is InChI=1S/C13H24N2O5S/c1-3-10-5-7-15(11(9-10)12(16)17)13(18)14-6-4-8-21(2,19)20/h10-11H,3-9H2,1-2H3,(H,14,18)(H,16,17). The van der Waals surface area contributed by atoms with Crippen LogP contribution in [-0.2, 0) is 14.6 Å². The Morgan fingerprint density at radius 3 is 2.57 bits per heavy atom. The zero-order valence-corrected chi connectivity index (χ0v) is 13.4. The van der Waals surface area contributed by atoms with Crippen molar-refractivity contribution in [3.63, 3.8) is 0 Å². The van der Waals surface area contributed by atoms with Crippen LogP contribution in [0.4, 0.5) is 4.79 Å². The monoisotopic (exact) mass is 320 g/mol. The van der Waals surface area contributed by atoms with Crippen molar-refractivity contribution in [2.24, 2.45) is 5.92 Å². The first kappa shape index (κ1) is 17.7. The van der Waals surface area contributed by atoms with E-state index in [1.807, 2.05) is 6.92 Å². The van der Waals surface area contributed by atoms with Crippen LogP contribution in [0.5, 0.6) is 0 Å². The number of urea groups is 1. The van der Waals surface area contributed by atoms with Gasteiger partial charge in [-0.1, -0.05) is 13.3 Å². The highest BCUT2D eigenvalue weighted by molar-refractivity contribution is 7.90. The van der Waals surface area contributed by atoms with Gasteiger partial charge in [0.15, 0.2) is 0 Å². The Labute approximate surface area is 125 Å². The number of rotatable bonds is 6. The molecule has 0 bridgehead atoms. The lowest BCUT2D eigenvalue weighted by Crippen LogP contribution is -2.53. The van der Waals surface area contributed by atoms with Crippen LogP contribution in [0.2, 0.25) is 0 Å². The zero-order valence-electron chi connectivity index (χ0n) is 12.5. The highest BCUT2D eigenvalue weighted by Crippen LogP contribution is 2.25. The van der Waals surface area contributed by atoms with Gasteiger partial charge in [-0.15, -0.1) is 0 Å². The summed E-state index contributed by atoms with van der Waals surface area (Å²) >= 11 is 0. The van der Waals surface area contributed by atoms with E-state index in [1.54, 1.807) is 0 Å². The molecule has 1 aliphatic heterocycles. The molecule has 0 saturated carbocycles. The van der Waals surface area contributed by atoms with Crippen molar-refractivity contribution in [3.8, 4) is 0 Å². The molecule has 1 fully saturated rings. The maximum absolute atomic E-state index is 12.0. The summed E-state index contributed by atoms with van der Waals surface area (Å²) in [5.41, 5.74) is 0. The molecule has 1 aliphatic rings. The molecule has 7 nitrogen and oxygen atoms in total. The van der Waals surface area contributed by atoms with E-state index in [4.69, 9.17) is 0 Å². The number of piperidine rings is 1. The average Bonchev–Trinajstić information content (AvgIpc) is 2.41. The maximum atomic E-state index is 12.0. The van der Waals surface area contributed by atoms with E-state index < -0.39 is 27.9 Å². The lowest BCUT2D eigenvalue weighted by Gasteiger charge is -2.36. The smallest absolute Gasteiger partial charge is 0.326 e. The van der Waals surface area contributed by atoms with Gasteiger partial charge in [-0.3, -0.25) is 0 Å². The van der Waals surface area contributed by atoms with Gasteiger partial charge in [-0.05, 0) is 25.2 Å². The molecule has 122 valence electrons. The SMILES string of the molecule is CCC1CCN(C(=O)NCCCS(C)(=O)=O)C(C(=O)O)C1. The van der Waals surface area contributed by atoms with E-state index in [0.29, 0.717) is 25.3 Å². The number of nitrogens with one attached hydrogen (secondary N) is 1. The highest BCUT2D eigenvalue weighted by Gasteiger charge is 2.35. The van der Waals surface area contributed by atoms with Crippen LogP contribution in [-0.4, -0.2) is 61.6 Å². The third-order valence-electron chi connectivity index (χ3n) is 3.80. The summed E-state index contributed by atoms with van der Waals surface area (Å²) in [6.45, 7) is 2.67. The molecule has 2 unspecified atom stereocenters. The van der Waals surface area contributed by atoms with Gasteiger partial charge >= 0.3 is 12.0 Å². The molecule has 8 heteroatoms. The Bertz CT molecular complexity index is 477. The third kappa shape index (κ3) is 5.91. The topological polar surface area (TPSA) is 104 Å². The van der Waals surface area contributed by atoms with Crippen LogP contribution in [0, 0.1) is 5.92 Å². The van der Waals surface area contributed by atoms with Crippen molar-refractivity contribution in [1.29, 1.82) is 0 Å². The lowest BCUT2D eigenvalue weighted by atomic mass is 9.89. The van der Waals surface area contributed by atoms with Gasteiger partial charge in [0.2, 0.25) is 0 Å². The molecular weight excluding hydrogens is 296 g/mol. The number of amides is 2. The van der Waals surface area contributed by atoms with E-state index in [0.717, 1.165) is 19.1 Å². The van der Waals surface area contributed by atoms with Crippen molar-refractivity contribution in [3.05, 3.63) is 0 Å². The summed E-state index contributed by atoms with van der Waals surface area (Å²) in [6, 6.07) is -1.22. The minimum atomic E-state index is -3.04. The fourth-order valence-corrected chi connectivity index (χ4v) is 3.19. The van der Waals surface area contributed by atoms with E-state index in [1.165, 1.54) is 4.90 Å². The Balaban J connectivity index is 2.49. The van der Waals surface area contributed by atoms with Crippen LogP contribution in [0.15, 0.2) is 0 Å². The van der Waals surface area contributed by atoms with Gasteiger partial charge in [-0.25, -0.2) is 18.0 Å². The first-order chi connectivity index (χ1) is 9.74. The number of carboxylic acids is 1. The molecule has 0 radical (unpaired) electrons. The molecule has 0 aromatic heterocycles. The highest BCUT2D eigenvalue weighted by atomic mass is 32.2. The minimum Gasteiger partial charge on any atom is -0.480 e. The maximum Gasteiger partial charge on any atom is 0.326 e. The molecule has 1 rings (SSSR count). The molecule has 2 amide bonds. The molecule has 1 heterocycles. The van der Waals surface area contributed by atoms with Crippen molar-refractivity contribution >= 4 is 21.8 Å². The Morgan fingerprint density at radius 2 is 2.05 bits per heavy atom. The van der Waals surface area contributed by atoms with E-state index in [9.17, 15) is 23.1 Å². The average molecular weight is 320 g/mol. The number of carbonyl (C=O) groups excluding carboxylic acids is 1. The second-order valence-electron chi connectivity index (χ2n) is 5.56. The van der Waals surface area contributed by atoms with E-state index >= 15 is 0 Å². The molecule has 0 aromatic rings. The van der Waals surface area contributed by atoms with Crippen LogP contribution < -0.4 is 5.32 Å². The van der Waals surface area contributed by atoms with E-state index in [-0.39, 0.29) is 12.3 Å². The first-order valence-corrected chi connectivity index (χ1v) is 9.25. The van der Waals surface area contributed by atoms with Crippen LogP contribution in [0.1, 0.15) is 32.6 Å². The van der Waals surface area contributed by atoms with Crippen LogP contribution >= 0.6 is 0 Å². The van der Waals surface area contributed by atoms with Gasteiger partial charge in [-0.2, -0.15) is 0 Å². The summed E-state index contributed by atoms with van der Waals surface area (Å²) in [5.74, 6) is -0.645. The van der Waals surface area contributed by atoms with Gasteiger partial charge in [0, 0.05) is 19.3 Å². The first-order valence-electron chi connectivity index (χ1n) is 7.19.